The summed E-state index contributed by atoms with van der Waals surface area (Å²) in [6, 6.07) is 11.6. The van der Waals surface area contributed by atoms with Crippen LogP contribution < -0.4 is 4.90 Å². The second-order valence-corrected chi connectivity index (χ2v) is 5.31. The lowest BCUT2D eigenvalue weighted by Gasteiger charge is -2.24. The van der Waals surface area contributed by atoms with Crippen LogP contribution in [0, 0.1) is 0 Å². The van der Waals surface area contributed by atoms with Gasteiger partial charge in [-0.1, -0.05) is 35.3 Å². The van der Waals surface area contributed by atoms with Crippen molar-refractivity contribution >= 4 is 34.9 Å². The maximum absolute atomic E-state index is 11.1. The van der Waals surface area contributed by atoms with Crippen LogP contribution in [0.5, 0.6) is 5.75 Å². The fraction of sp³-hybridized carbons (Fsp3) is 0.133. The van der Waals surface area contributed by atoms with Crippen LogP contribution in [-0.4, -0.2) is 22.7 Å². The van der Waals surface area contributed by atoms with Crippen LogP contribution >= 0.6 is 23.2 Å². The van der Waals surface area contributed by atoms with Crippen molar-refractivity contribution < 1.29 is 15.0 Å². The third kappa shape index (κ3) is 4.03. The van der Waals surface area contributed by atoms with Gasteiger partial charge in [0, 0.05) is 27.8 Å². The number of phenols is 1. The lowest BCUT2D eigenvalue weighted by molar-refractivity contribution is -0.135. The molecule has 2 aromatic carbocycles. The molecule has 0 aliphatic heterocycles. The standard InChI is InChI=1S/C15H13Cl2NO3/c16-10-3-1-4-11(7-10)18(9-15(20)21)8-12-13(17)5-2-6-14(12)19/h1-7,19H,8-9H2,(H,20,21). The Morgan fingerprint density at radius 1 is 1.14 bits per heavy atom. The fourth-order valence-electron chi connectivity index (χ4n) is 1.97. The lowest BCUT2D eigenvalue weighted by Crippen LogP contribution is -2.29. The van der Waals surface area contributed by atoms with E-state index in [9.17, 15) is 9.90 Å². The number of rotatable bonds is 5. The molecule has 0 aliphatic rings. The average molecular weight is 326 g/mol. The number of hydrogen-bond acceptors (Lipinski definition) is 3. The van der Waals surface area contributed by atoms with Crippen molar-refractivity contribution in [3.63, 3.8) is 0 Å². The third-order valence-electron chi connectivity index (χ3n) is 2.94. The van der Waals surface area contributed by atoms with E-state index in [4.69, 9.17) is 28.3 Å². The summed E-state index contributed by atoms with van der Waals surface area (Å²) in [4.78, 5) is 12.6. The van der Waals surface area contributed by atoms with Crippen molar-refractivity contribution in [3.05, 3.63) is 58.1 Å². The maximum atomic E-state index is 11.1. The van der Waals surface area contributed by atoms with Gasteiger partial charge in [-0.3, -0.25) is 4.79 Å². The first kappa shape index (κ1) is 15.5. The van der Waals surface area contributed by atoms with Gasteiger partial charge in [0.2, 0.25) is 0 Å². The van der Waals surface area contributed by atoms with Gasteiger partial charge in [0.1, 0.15) is 12.3 Å². The predicted octanol–water partition coefficient (Wildman–Crippen LogP) is 3.79. The highest BCUT2D eigenvalue weighted by atomic mass is 35.5. The molecule has 4 nitrogen and oxygen atoms in total. The molecule has 0 atom stereocenters. The number of carboxylic acid groups (broad SMARTS) is 1. The highest BCUT2D eigenvalue weighted by molar-refractivity contribution is 6.31. The van der Waals surface area contributed by atoms with E-state index in [1.807, 2.05) is 0 Å². The molecule has 0 aliphatic carbocycles. The van der Waals surface area contributed by atoms with Gasteiger partial charge in [-0.15, -0.1) is 0 Å². The molecule has 0 aromatic heterocycles. The van der Waals surface area contributed by atoms with Crippen molar-refractivity contribution in [2.75, 3.05) is 11.4 Å². The van der Waals surface area contributed by atoms with Crippen LogP contribution in [0.2, 0.25) is 10.0 Å². The summed E-state index contributed by atoms with van der Waals surface area (Å²) in [5.41, 5.74) is 1.12. The van der Waals surface area contributed by atoms with E-state index in [1.54, 1.807) is 41.3 Å². The van der Waals surface area contributed by atoms with Gasteiger partial charge < -0.3 is 15.1 Å². The summed E-state index contributed by atoms with van der Waals surface area (Å²) in [6.45, 7) is -0.0663. The fourth-order valence-corrected chi connectivity index (χ4v) is 2.38. The average Bonchev–Trinajstić information content (AvgIpc) is 2.41. The Morgan fingerprint density at radius 3 is 2.48 bits per heavy atom. The van der Waals surface area contributed by atoms with Crippen LogP contribution in [0.15, 0.2) is 42.5 Å². The van der Waals surface area contributed by atoms with E-state index < -0.39 is 5.97 Å². The first-order valence-corrected chi connectivity index (χ1v) is 6.91. The van der Waals surface area contributed by atoms with Crippen molar-refractivity contribution in [1.82, 2.24) is 0 Å². The Hall–Kier alpha value is -1.91. The number of anilines is 1. The van der Waals surface area contributed by atoms with Gasteiger partial charge in [-0.2, -0.15) is 0 Å². The smallest absolute Gasteiger partial charge is 0.323 e. The molecule has 2 rings (SSSR count). The molecule has 0 amide bonds. The normalized spacial score (nSPS) is 10.4. The summed E-state index contributed by atoms with van der Waals surface area (Å²) < 4.78 is 0. The van der Waals surface area contributed by atoms with E-state index >= 15 is 0 Å². The molecule has 0 spiro atoms. The number of aromatic hydroxyl groups is 1. The van der Waals surface area contributed by atoms with Gasteiger partial charge in [-0.05, 0) is 30.3 Å². The van der Waals surface area contributed by atoms with E-state index in [1.165, 1.54) is 6.07 Å². The van der Waals surface area contributed by atoms with Crippen molar-refractivity contribution in [2.24, 2.45) is 0 Å². The molecule has 6 heteroatoms. The van der Waals surface area contributed by atoms with Gasteiger partial charge in [0.05, 0.1) is 0 Å². The number of phenolic OH excluding ortho intramolecular Hbond substituents is 1. The van der Waals surface area contributed by atoms with Crippen LogP contribution in [0.25, 0.3) is 0 Å². The van der Waals surface area contributed by atoms with Crippen LogP contribution in [0.1, 0.15) is 5.56 Å². The van der Waals surface area contributed by atoms with Gasteiger partial charge in [-0.25, -0.2) is 0 Å². The largest absolute Gasteiger partial charge is 0.508 e. The minimum atomic E-state index is -0.985. The van der Waals surface area contributed by atoms with Crippen LogP contribution in [0.4, 0.5) is 5.69 Å². The molecule has 0 unspecified atom stereocenters. The topological polar surface area (TPSA) is 60.8 Å². The number of halogens is 2. The van der Waals surface area contributed by atoms with Crippen molar-refractivity contribution in [3.8, 4) is 5.75 Å². The minimum absolute atomic E-state index is 0.0277. The quantitative estimate of drug-likeness (QED) is 0.878. The SMILES string of the molecule is O=C(O)CN(Cc1c(O)cccc1Cl)c1cccc(Cl)c1. The molecule has 0 radical (unpaired) electrons. The summed E-state index contributed by atoms with van der Waals surface area (Å²) in [6.07, 6.45) is 0. The molecule has 2 N–H and O–H groups in total. The van der Waals surface area contributed by atoms with E-state index in [0.717, 1.165) is 0 Å². The molecule has 21 heavy (non-hydrogen) atoms. The molecular weight excluding hydrogens is 313 g/mol. The Morgan fingerprint density at radius 2 is 1.86 bits per heavy atom. The Labute approximate surface area is 132 Å². The number of nitrogens with zero attached hydrogens (tertiary/aromatic N) is 1. The summed E-state index contributed by atoms with van der Waals surface area (Å²) in [5, 5.41) is 19.8. The Balaban J connectivity index is 2.35. The third-order valence-corrected chi connectivity index (χ3v) is 3.53. The molecule has 2 aromatic rings. The number of hydrogen-bond donors (Lipinski definition) is 2. The molecule has 0 fully saturated rings. The first-order chi connectivity index (χ1) is 9.97. The number of carbonyl (C=O) groups is 1. The maximum Gasteiger partial charge on any atom is 0.323 e. The van der Waals surface area contributed by atoms with E-state index in [2.05, 4.69) is 0 Å². The molecule has 0 heterocycles. The molecule has 0 bridgehead atoms. The van der Waals surface area contributed by atoms with Gasteiger partial charge >= 0.3 is 5.97 Å². The Bertz CT molecular complexity index is 641. The highest BCUT2D eigenvalue weighted by Gasteiger charge is 2.15. The summed E-state index contributed by atoms with van der Waals surface area (Å²) in [5.74, 6) is -0.957. The number of benzene rings is 2. The zero-order valence-electron chi connectivity index (χ0n) is 11.0. The zero-order valence-corrected chi connectivity index (χ0v) is 12.5. The second kappa shape index (κ2) is 6.70. The zero-order chi connectivity index (χ0) is 15.4. The minimum Gasteiger partial charge on any atom is -0.508 e. The first-order valence-electron chi connectivity index (χ1n) is 6.16. The lowest BCUT2D eigenvalue weighted by atomic mass is 10.1. The monoisotopic (exact) mass is 325 g/mol. The molecule has 0 saturated carbocycles. The predicted molar refractivity (Wildman–Crippen MR) is 83.3 cm³/mol. The summed E-state index contributed by atoms with van der Waals surface area (Å²) in [7, 11) is 0. The van der Waals surface area contributed by atoms with Gasteiger partial charge in [0.15, 0.2) is 0 Å². The van der Waals surface area contributed by atoms with E-state index in [0.29, 0.717) is 21.3 Å². The van der Waals surface area contributed by atoms with Crippen LogP contribution in [-0.2, 0) is 11.3 Å². The number of carboxylic acids is 1. The molecule has 0 saturated heterocycles. The Kier molecular flexibility index (Phi) is 4.94. The molecule has 110 valence electrons. The number of aliphatic carboxylic acids is 1. The highest BCUT2D eigenvalue weighted by Crippen LogP contribution is 2.29. The van der Waals surface area contributed by atoms with Gasteiger partial charge in [0.25, 0.3) is 0 Å². The van der Waals surface area contributed by atoms with E-state index in [-0.39, 0.29) is 18.8 Å². The van der Waals surface area contributed by atoms with Crippen molar-refractivity contribution in [1.29, 1.82) is 0 Å². The van der Waals surface area contributed by atoms with Crippen LogP contribution in [0.3, 0.4) is 0 Å². The molecular formula is C15H13Cl2NO3. The second-order valence-electron chi connectivity index (χ2n) is 4.47. The summed E-state index contributed by atoms with van der Waals surface area (Å²) >= 11 is 12.0. The van der Waals surface area contributed by atoms with Crippen molar-refractivity contribution in [2.45, 2.75) is 6.54 Å².